The summed E-state index contributed by atoms with van der Waals surface area (Å²) in [5, 5.41) is 4.16. The monoisotopic (exact) mass is 227 g/mol. The average Bonchev–Trinajstić information content (AvgIpc) is 2.85. The van der Waals surface area contributed by atoms with Crippen molar-refractivity contribution in [2.45, 2.75) is 13.0 Å². The number of hydrogen-bond acceptors (Lipinski definition) is 4. The Hall–Kier alpha value is -0.680. The van der Waals surface area contributed by atoms with Crippen molar-refractivity contribution in [1.29, 1.82) is 0 Å². The summed E-state index contributed by atoms with van der Waals surface area (Å²) in [4.78, 5) is 0. The molecule has 1 aromatic rings. The largest absolute Gasteiger partial charge is 0.490 e. The van der Waals surface area contributed by atoms with Crippen molar-refractivity contribution < 1.29 is 4.74 Å². The van der Waals surface area contributed by atoms with Crippen LogP contribution >= 0.6 is 11.8 Å². The summed E-state index contributed by atoms with van der Waals surface area (Å²) >= 11 is 2.01. The topological polar surface area (TPSA) is 53.1 Å². The van der Waals surface area contributed by atoms with E-state index in [2.05, 4.69) is 5.10 Å². The molecule has 1 aliphatic heterocycles. The maximum Gasteiger partial charge on any atom is 0.157 e. The zero-order valence-corrected chi connectivity index (χ0v) is 9.58. The van der Waals surface area contributed by atoms with Crippen LogP contribution in [0.4, 0.5) is 0 Å². The van der Waals surface area contributed by atoms with Gasteiger partial charge in [0, 0.05) is 12.5 Å². The Kier molecular flexibility index (Phi) is 3.91. The zero-order valence-electron chi connectivity index (χ0n) is 8.76. The van der Waals surface area contributed by atoms with Crippen LogP contribution in [-0.4, -0.2) is 34.4 Å². The molecule has 0 radical (unpaired) electrons. The molecule has 1 saturated heterocycles. The van der Waals surface area contributed by atoms with Crippen molar-refractivity contribution in [3.63, 3.8) is 0 Å². The van der Waals surface area contributed by atoms with Gasteiger partial charge < -0.3 is 10.5 Å². The smallest absolute Gasteiger partial charge is 0.157 e. The predicted octanol–water partition coefficient (Wildman–Crippen LogP) is 0.974. The average molecular weight is 227 g/mol. The molecule has 84 valence electrons. The Morgan fingerprint density at radius 2 is 2.60 bits per heavy atom. The van der Waals surface area contributed by atoms with E-state index >= 15 is 0 Å². The van der Waals surface area contributed by atoms with Gasteiger partial charge in [-0.05, 0) is 17.9 Å². The molecule has 2 rings (SSSR count). The highest BCUT2D eigenvalue weighted by Gasteiger charge is 2.16. The number of ether oxygens (including phenoxy) is 1. The Morgan fingerprint density at radius 3 is 3.33 bits per heavy atom. The summed E-state index contributed by atoms with van der Waals surface area (Å²) in [6.07, 6.45) is 4.95. The molecule has 1 unspecified atom stereocenters. The lowest BCUT2D eigenvalue weighted by Gasteiger charge is -2.08. The summed E-state index contributed by atoms with van der Waals surface area (Å²) in [5.74, 6) is 4.09. The summed E-state index contributed by atoms with van der Waals surface area (Å²) in [6.45, 7) is 2.18. The Bertz CT molecular complexity index is 297. The Balaban J connectivity index is 1.77. The van der Waals surface area contributed by atoms with Gasteiger partial charge in [-0.3, -0.25) is 4.68 Å². The quantitative estimate of drug-likeness (QED) is 0.814. The molecular formula is C10H17N3OS. The fraction of sp³-hybridized carbons (Fsp3) is 0.700. The normalized spacial score (nSPS) is 20.7. The second kappa shape index (κ2) is 5.42. The number of thioether (sulfide) groups is 1. The van der Waals surface area contributed by atoms with Gasteiger partial charge in [0.2, 0.25) is 0 Å². The zero-order chi connectivity index (χ0) is 10.5. The predicted molar refractivity (Wildman–Crippen MR) is 62.2 cm³/mol. The molecule has 15 heavy (non-hydrogen) atoms. The molecule has 1 atom stereocenters. The molecule has 1 aliphatic rings. The minimum absolute atomic E-state index is 0.611. The molecule has 0 saturated carbocycles. The van der Waals surface area contributed by atoms with Crippen LogP contribution in [0, 0.1) is 5.92 Å². The third-order valence-corrected chi connectivity index (χ3v) is 3.71. The number of aromatic nitrogens is 2. The van der Waals surface area contributed by atoms with Gasteiger partial charge in [-0.2, -0.15) is 16.9 Å². The lowest BCUT2D eigenvalue weighted by atomic mass is 10.1. The highest BCUT2D eigenvalue weighted by molar-refractivity contribution is 7.99. The van der Waals surface area contributed by atoms with E-state index in [9.17, 15) is 0 Å². The van der Waals surface area contributed by atoms with E-state index in [4.69, 9.17) is 10.5 Å². The van der Waals surface area contributed by atoms with Crippen LogP contribution in [0.5, 0.6) is 5.75 Å². The number of nitrogens with zero attached hydrogens (tertiary/aromatic N) is 2. The summed E-state index contributed by atoms with van der Waals surface area (Å²) in [7, 11) is 0. The highest BCUT2D eigenvalue weighted by atomic mass is 32.2. The van der Waals surface area contributed by atoms with Gasteiger partial charge in [-0.1, -0.05) is 0 Å². The lowest BCUT2D eigenvalue weighted by Crippen LogP contribution is -2.11. The maximum atomic E-state index is 5.68. The van der Waals surface area contributed by atoms with Crippen LogP contribution in [0.25, 0.3) is 0 Å². The Morgan fingerprint density at radius 1 is 1.67 bits per heavy atom. The van der Waals surface area contributed by atoms with Gasteiger partial charge >= 0.3 is 0 Å². The van der Waals surface area contributed by atoms with E-state index < -0.39 is 0 Å². The van der Waals surface area contributed by atoms with Gasteiger partial charge in [-0.15, -0.1) is 0 Å². The molecule has 1 fully saturated rings. The van der Waals surface area contributed by atoms with Crippen molar-refractivity contribution in [1.82, 2.24) is 9.78 Å². The van der Waals surface area contributed by atoms with Crippen LogP contribution in [0.3, 0.4) is 0 Å². The van der Waals surface area contributed by atoms with E-state index in [1.165, 1.54) is 17.9 Å². The molecule has 2 heterocycles. The first kappa shape index (κ1) is 10.8. The third-order valence-electron chi connectivity index (χ3n) is 2.48. The molecule has 5 heteroatoms. The lowest BCUT2D eigenvalue weighted by molar-refractivity contribution is 0.263. The SMILES string of the molecule is NCCn1cc(OCC2CCSC2)cn1. The van der Waals surface area contributed by atoms with Crippen LogP contribution in [0.2, 0.25) is 0 Å². The first-order valence-electron chi connectivity index (χ1n) is 5.31. The standard InChI is InChI=1S/C10H17N3OS/c11-2-3-13-6-10(5-12-13)14-7-9-1-4-15-8-9/h5-6,9H,1-4,7-8,11H2. The van der Waals surface area contributed by atoms with Crippen LogP contribution in [-0.2, 0) is 6.54 Å². The van der Waals surface area contributed by atoms with E-state index in [0.29, 0.717) is 12.5 Å². The fourth-order valence-corrected chi connectivity index (χ4v) is 2.87. The molecule has 4 nitrogen and oxygen atoms in total. The molecule has 0 aliphatic carbocycles. The van der Waals surface area contributed by atoms with Gasteiger partial charge in [0.25, 0.3) is 0 Å². The van der Waals surface area contributed by atoms with E-state index in [1.807, 2.05) is 22.6 Å². The van der Waals surface area contributed by atoms with Gasteiger partial charge in [0.1, 0.15) is 0 Å². The first-order chi connectivity index (χ1) is 7.38. The van der Waals surface area contributed by atoms with E-state index in [-0.39, 0.29) is 0 Å². The first-order valence-corrected chi connectivity index (χ1v) is 6.47. The highest BCUT2D eigenvalue weighted by Crippen LogP contribution is 2.24. The van der Waals surface area contributed by atoms with Gasteiger partial charge in [0.15, 0.2) is 5.75 Å². The molecule has 2 N–H and O–H groups in total. The van der Waals surface area contributed by atoms with Crippen LogP contribution < -0.4 is 10.5 Å². The van der Waals surface area contributed by atoms with Crippen molar-refractivity contribution in [2.75, 3.05) is 24.7 Å². The number of rotatable bonds is 5. The molecule has 0 bridgehead atoms. The van der Waals surface area contributed by atoms with Crippen molar-refractivity contribution in [2.24, 2.45) is 11.7 Å². The van der Waals surface area contributed by atoms with Crippen molar-refractivity contribution >= 4 is 11.8 Å². The summed E-state index contributed by atoms with van der Waals surface area (Å²) in [6, 6.07) is 0. The van der Waals surface area contributed by atoms with Crippen LogP contribution in [0.15, 0.2) is 12.4 Å². The fourth-order valence-electron chi connectivity index (χ4n) is 1.60. The number of nitrogens with two attached hydrogens (primary N) is 1. The van der Waals surface area contributed by atoms with Crippen molar-refractivity contribution in [3.8, 4) is 5.75 Å². The maximum absolute atomic E-state index is 5.68. The minimum atomic E-state index is 0.611. The summed E-state index contributed by atoms with van der Waals surface area (Å²) in [5.41, 5.74) is 5.44. The van der Waals surface area contributed by atoms with Crippen molar-refractivity contribution in [3.05, 3.63) is 12.4 Å². The molecule has 0 spiro atoms. The summed E-state index contributed by atoms with van der Waals surface area (Å²) < 4.78 is 7.50. The third kappa shape index (κ3) is 3.14. The van der Waals surface area contributed by atoms with E-state index in [0.717, 1.165) is 18.9 Å². The number of hydrogen-bond donors (Lipinski definition) is 1. The second-order valence-corrected chi connectivity index (χ2v) is 4.92. The van der Waals surface area contributed by atoms with Gasteiger partial charge in [0.05, 0.1) is 25.5 Å². The molecule has 1 aromatic heterocycles. The molecular weight excluding hydrogens is 210 g/mol. The molecule has 0 aromatic carbocycles. The Labute approximate surface area is 94.2 Å². The molecule has 0 amide bonds. The minimum Gasteiger partial charge on any atom is -0.490 e. The van der Waals surface area contributed by atoms with Crippen LogP contribution in [0.1, 0.15) is 6.42 Å². The van der Waals surface area contributed by atoms with Gasteiger partial charge in [-0.25, -0.2) is 0 Å². The second-order valence-electron chi connectivity index (χ2n) is 3.77. The van der Waals surface area contributed by atoms with E-state index in [1.54, 1.807) is 6.20 Å².